The van der Waals surface area contributed by atoms with Crippen LogP contribution in [0.15, 0.2) is 182 Å². The van der Waals surface area contributed by atoms with Crippen LogP contribution in [0.3, 0.4) is 0 Å². The van der Waals surface area contributed by atoms with E-state index in [-0.39, 0.29) is 26.8 Å². The van der Waals surface area contributed by atoms with Crippen LogP contribution in [0.4, 0.5) is 17.2 Å². The van der Waals surface area contributed by atoms with E-state index in [0.717, 1.165) is 56.3 Å². The Morgan fingerprint density at radius 2 is 1.19 bits per heavy atom. The number of hydrogen-bond donors (Lipinski definition) is 1. The smallest absolute Gasteiger partial charge is 0.136 e. The van der Waals surface area contributed by atoms with Crippen LogP contribution in [0.25, 0.3) is 61.1 Å². The molecule has 3 aromatic heterocycles. The van der Waals surface area contributed by atoms with E-state index in [1.807, 2.05) is 60.8 Å². The summed E-state index contributed by atoms with van der Waals surface area (Å²) in [6.07, 6.45) is 1.81. The number of phenols is 1. The summed E-state index contributed by atoms with van der Waals surface area (Å²) >= 11 is 0. The fourth-order valence-electron chi connectivity index (χ4n) is 6.94. The van der Waals surface area contributed by atoms with E-state index in [1.165, 1.54) is 10.8 Å². The number of benzene rings is 6. The Hall–Kier alpha value is -6.29. The molecule has 9 aromatic rings. The van der Waals surface area contributed by atoms with E-state index >= 15 is 0 Å². The van der Waals surface area contributed by atoms with Crippen molar-refractivity contribution < 1.29 is 26.2 Å². The van der Waals surface area contributed by atoms with Gasteiger partial charge in [-0.05, 0) is 65.5 Å². The van der Waals surface area contributed by atoms with Crippen molar-refractivity contribution in [2.75, 3.05) is 4.90 Å². The van der Waals surface area contributed by atoms with Crippen LogP contribution in [0, 0.1) is 6.07 Å². The average Bonchev–Trinajstić information content (AvgIpc) is 3.54. The molecule has 0 aliphatic rings. The van der Waals surface area contributed by atoms with Gasteiger partial charge in [-0.3, -0.25) is 4.98 Å². The zero-order valence-corrected chi connectivity index (χ0v) is 30.1. The minimum Gasteiger partial charge on any atom is -0.507 e. The minimum absolute atomic E-state index is 0. The van der Waals surface area contributed by atoms with Crippen molar-refractivity contribution in [2.24, 2.45) is 0 Å². The standard InChI is InChI=1S/C46H31N4O.Pt/c51-45-26-11-7-22-39(45)41-31-35(49-43-24-9-5-20-37(43)38-21-6-10-25-44(38)49)30-40(48-41)33-17-14-18-34(29-33)50(46-27-12-13-28-47-46)42-23-8-4-19-36(42)32-15-2-1-3-16-32;/h1-28,30-31,51H;/q-1;. The van der Waals surface area contributed by atoms with Gasteiger partial charge in [-0.1, -0.05) is 109 Å². The summed E-state index contributed by atoms with van der Waals surface area (Å²) in [5, 5.41) is 13.4. The molecule has 0 aliphatic heterocycles. The second-order valence-corrected chi connectivity index (χ2v) is 12.3. The van der Waals surface area contributed by atoms with Gasteiger partial charge in [0.1, 0.15) is 11.6 Å². The molecule has 9 rings (SSSR count). The van der Waals surface area contributed by atoms with E-state index < -0.39 is 0 Å². The summed E-state index contributed by atoms with van der Waals surface area (Å²) in [4.78, 5) is 12.1. The molecule has 0 saturated carbocycles. The largest absolute Gasteiger partial charge is 0.507 e. The van der Waals surface area contributed by atoms with Gasteiger partial charge < -0.3 is 14.6 Å². The minimum atomic E-state index is 0. The molecular formula is C46H31N4OPt-. The molecule has 252 valence electrons. The van der Waals surface area contributed by atoms with Crippen LogP contribution >= 0.6 is 0 Å². The van der Waals surface area contributed by atoms with Gasteiger partial charge in [0.15, 0.2) is 0 Å². The third kappa shape index (κ3) is 5.95. The second-order valence-electron chi connectivity index (χ2n) is 12.3. The first-order valence-electron chi connectivity index (χ1n) is 16.9. The van der Waals surface area contributed by atoms with Gasteiger partial charge in [0, 0.05) is 54.8 Å². The topological polar surface area (TPSA) is 54.2 Å². The molecule has 6 aromatic carbocycles. The molecule has 0 bridgehead atoms. The molecule has 0 fully saturated rings. The Morgan fingerprint density at radius 3 is 1.92 bits per heavy atom. The van der Waals surface area contributed by atoms with Crippen LogP contribution in [-0.4, -0.2) is 19.6 Å². The monoisotopic (exact) mass is 850 g/mol. The number of para-hydroxylation sites is 4. The molecule has 0 amide bonds. The third-order valence-corrected chi connectivity index (χ3v) is 9.23. The average molecular weight is 851 g/mol. The first-order valence-corrected chi connectivity index (χ1v) is 16.9. The van der Waals surface area contributed by atoms with Crippen molar-refractivity contribution in [1.82, 2.24) is 14.5 Å². The molecule has 6 heteroatoms. The summed E-state index contributed by atoms with van der Waals surface area (Å²) in [5.74, 6) is 0.947. The normalized spacial score (nSPS) is 11.0. The number of hydrogen-bond acceptors (Lipinski definition) is 4. The Labute approximate surface area is 316 Å². The van der Waals surface area contributed by atoms with E-state index in [0.29, 0.717) is 11.3 Å². The third-order valence-electron chi connectivity index (χ3n) is 9.23. The Bertz CT molecular complexity index is 2620. The number of nitrogens with zero attached hydrogens (tertiary/aromatic N) is 4. The Balaban J connectivity index is 0.00000387. The molecule has 0 unspecified atom stereocenters. The van der Waals surface area contributed by atoms with E-state index in [9.17, 15) is 5.11 Å². The van der Waals surface area contributed by atoms with E-state index in [1.54, 1.807) is 6.07 Å². The van der Waals surface area contributed by atoms with Crippen LogP contribution in [-0.2, 0) is 21.1 Å². The zero-order chi connectivity index (χ0) is 34.1. The number of pyridine rings is 2. The summed E-state index contributed by atoms with van der Waals surface area (Å²) in [6, 6.07) is 63.0. The van der Waals surface area contributed by atoms with Crippen molar-refractivity contribution >= 4 is 39.0 Å². The fourth-order valence-corrected chi connectivity index (χ4v) is 6.94. The van der Waals surface area contributed by atoms with Gasteiger partial charge in [0.05, 0.1) is 22.4 Å². The van der Waals surface area contributed by atoms with Gasteiger partial charge in [-0.2, -0.15) is 0 Å². The maximum atomic E-state index is 11.0. The Kier molecular flexibility index (Phi) is 8.95. The molecule has 0 saturated heterocycles. The van der Waals surface area contributed by atoms with Gasteiger partial charge >= 0.3 is 0 Å². The summed E-state index contributed by atoms with van der Waals surface area (Å²) in [5.41, 5.74) is 9.98. The van der Waals surface area contributed by atoms with Crippen LogP contribution in [0.2, 0.25) is 0 Å². The quantitative estimate of drug-likeness (QED) is 0.162. The number of rotatable bonds is 7. The summed E-state index contributed by atoms with van der Waals surface area (Å²) < 4.78 is 2.28. The molecule has 0 aliphatic carbocycles. The number of aromatic hydroxyl groups is 1. The summed E-state index contributed by atoms with van der Waals surface area (Å²) in [6.45, 7) is 0. The number of aromatic nitrogens is 3. The van der Waals surface area contributed by atoms with Gasteiger partial charge in [0.25, 0.3) is 0 Å². The van der Waals surface area contributed by atoms with Crippen molar-refractivity contribution in [3.8, 4) is 45.1 Å². The predicted octanol–water partition coefficient (Wildman–Crippen LogP) is 11.5. The fraction of sp³-hybridized carbons (Fsp3) is 0. The van der Waals surface area contributed by atoms with E-state index in [4.69, 9.17) is 9.97 Å². The number of fused-ring (bicyclic) bond motifs is 3. The first kappa shape index (κ1) is 32.9. The second kappa shape index (κ2) is 14.1. The van der Waals surface area contributed by atoms with Crippen LogP contribution in [0.5, 0.6) is 5.75 Å². The maximum absolute atomic E-state index is 11.0. The van der Waals surface area contributed by atoms with Crippen LogP contribution in [0.1, 0.15) is 0 Å². The molecule has 3 heterocycles. The summed E-state index contributed by atoms with van der Waals surface area (Å²) in [7, 11) is 0. The molecule has 5 nitrogen and oxygen atoms in total. The van der Waals surface area contributed by atoms with Crippen molar-refractivity contribution in [3.05, 3.63) is 188 Å². The van der Waals surface area contributed by atoms with Crippen LogP contribution < -0.4 is 4.90 Å². The van der Waals surface area contributed by atoms with Gasteiger partial charge in [-0.15, -0.1) is 29.8 Å². The first-order chi connectivity index (χ1) is 25.2. The Morgan fingerprint density at radius 1 is 0.558 bits per heavy atom. The SMILES string of the molecule is Oc1ccccc1-c1cc(-n2c3ccccc3c3ccccc32)cc(-c2[c-]c(N(c3ccccn3)c3ccccc3-c3ccccc3)ccc2)n1.[Pt]. The van der Waals surface area contributed by atoms with Gasteiger partial charge in [-0.25, -0.2) is 4.98 Å². The molecule has 52 heavy (non-hydrogen) atoms. The van der Waals surface area contributed by atoms with Crippen molar-refractivity contribution in [1.29, 1.82) is 0 Å². The number of phenolic OH excluding ortho intramolecular Hbond substituents is 1. The molecule has 1 N–H and O–H groups in total. The van der Waals surface area contributed by atoms with Gasteiger partial charge in [0.2, 0.25) is 0 Å². The van der Waals surface area contributed by atoms with Crippen molar-refractivity contribution in [2.45, 2.75) is 0 Å². The van der Waals surface area contributed by atoms with E-state index in [2.05, 4.69) is 131 Å². The molecule has 0 radical (unpaired) electrons. The molecule has 0 spiro atoms. The number of anilines is 3. The van der Waals surface area contributed by atoms with Crippen molar-refractivity contribution in [3.63, 3.8) is 0 Å². The molecular weight excluding hydrogens is 820 g/mol. The predicted molar refractivity (Wildman–Crippen MR) is 208 cm³/mol. The zero-order valence-electron chi connectivity index (χ0n) is 27.9. The molecule has 0 atom stereocenters. The maximum Gasteiger partial charge on any atom is 0.136 e.